The highest BCUT2D eigenvalue weighted by molar-refractivity contribution is 5.96. The first-order valence-electron chi connectivity index (χ1n) is 6.44. The van der Waals surface area contributed by atoms with Crippen LogP contribution in [0.5, 0.6) is 0 Å². The van der Waals surface area contributed by atoms with Crippen molar-refractivity contribution in [2.75, 3.05) is 0 Å². The van der Waals surface area contributed by atoms with Crippen LogP contribution in [-0.4, -0.2) is 5.91 Å². The number of benzene rings is 2. The van der Waals surface area contributed by atoms with Gasteiger partial charge in [0.05, 0.1) is 5.54 Å². The van der Waals surface area contributed by atoms with Crippen LogP contribution in [0.25, 0.3) is 0 Å². The Balaban J connectivity index is 2.22. The smallest absolute Gasteiger partial charge is 0.252 e. The molecule has 0 spiro atoms. The summed E-state index contributed by atoms with van der Waals surface area (Å²) in [4.78, 5) is 12.3. The van der Waals surface area contributed by atoms with Gasteiger partial charge in [-0.3, -0.25) is 4.79 Å². The van der Waals surface area contributed by atoms with Gasteiger partial charge in [-0.1, -0.05) is 48.5 Å². The fourth-order valence-electron chi connectivity index (χ4n) is 2.11. The maximum absolute atomic E-state index is 12.3. The lowest BCUT2D eigenvalue weighted by atomic mass is 9.93. The van der Waals surface area contributed by atoms with E-state index in [0.717, 1.165) is 16.7 Å². The van der Waals surface area contributed by atoms with Crippen molar-refractivity contribution in [3.8, 4) is 0 Å². The molecular formula is C17H19NO. The number of nitrogens with one attached hydrogen (secondary N) is 1. The molecule has 2 aromatic rings. The molecule has 0 heterocycles. The molecule has 0 aromatic heterocycles. The molecule has 0 aliphatic rings. The zero-order valence-electron chi connectivity index (χ0n) is 11.6. The average molecular weight is 253 g/mol. The zero-order chi connectivity index (χ0) is 13.9. The molecule has 2 heteroatoms. The van der Waals surface area contributed by atoms with Crippen LogP contribution in [-0.2, 0) is 5.54 Å². The van der Waals surface area contributed by atoms with Gasteiger partial charge in [0.2, 0.25) is 0 Å². The Morgan fingerprint density at radius 3 is 2.16 bits per heavy atom. The van der Waals surface area contributed by atoms with Crippen LogP contribution in [0.4, 0.5) is 0 Å². The Labute approximate surface area is 114 Å². The molecule has 0 saturated heterocycles. The monoisotopic (exact) mass is 253 g/mol. The van der Waals surface area contributed by atoms with Gasteiger partial charge in [0, 0.05) is 5.56 Å². The van der Waals surface area contributed by atoms with E-state index in [-0.39, 0.29) is 11.4 Å². The summed E-state index contributed by atoms with van der Waals surface area (Å²) in [7, 11) is 0. The number of rotatable bonds is 3. The lowest BCUT2D eigenvalue weighted by Gasteiger charge is -2.27. The normalized spacial score (nSPS) is 11.1. The van der Waals surface area contributed by atoms with Gasteiger partial charge in [-0.2, -0.15) is 0 Å². The van der Waals surface area contributed by atoms with E-state index < -0.39 is 0 Å². The summed E-state index contributed by atoms with van der Waals surface area (Å²) in [5.74, 6) is -0.0352. The van der Waals surface area contributed by atoms with Crippen molar-refractivity contribution in [3.05, 3.63) is 71.3 Å². The molecule has 0 aliphatic carbocycles. The third-order valence-corrected chi connectivity index (χ3v) is 3.31. The van der Waals surface area contributed by atoms with Gasteiger partial charge in [-0.05, 0) is 38.0 Å². The average Bonchev–Trinajstić information content (AvgIpc) is 2.39. The first kappa shape index (κ1) is 13.3. The SMILES string of the molecule is Cc1ccccc1C(=O)NC(C)(C)c1ccccc1. The fraction of sp³-hybridized carbons (Fsp3) is 0.235. The minimum atomic E-state index is -0.388. The quantitative estimate of drug-likeness (QED) is 0.888. The summed E-state index contributed by atoms with van der Waals surface area (Å²) in [6.07, 6.45) is 0. The number of hydrogen-bond acceptors (Lipinski definition) is 1. The lowest BCUT2D eigenvalue weighted by molar-refractivity contribution is 0.0911. The second kappa shape index (κ2) is 5.27. The molecule has 0 fully saturated rings. The van der Waals surface area contributed by atoms with Crippen LogP contribution < -0.4 is 5.32 Å². The van der Waals surface area contributed by atoms with E-state index in [1.807, 2.05) is 75.4 Å². The highest BCUT2D eigenvalue weighted by atomic mass is 16.1. The molecule has 98 valence electrons. The summed E-state index contributed by atoms with van der Waals surface area (Å²) in [5, 5.41) is 3.09. The van der Waals surface area contributed by atoms with Crippen molar-refractivity contribution in [2.24, 2.45) is 0 Å². The first-order chi connectivity index (χ1) is 9.00. The van der Waals surface area contributed by atoms with Crippen molar-refractivity contribution in [3.63, 3.8) is 0 Å². The second-order valence-electron chi connectivity index (χ2n) is 5.26. The molecule has 0 aliphatic heterocycles. The summed E-state index contributed by atoms with van der Waals surface area (Å²) in [6.45, 7) is 5.97. The Morgan fingerprint density at radius 2 is 1.53 bits per heavy atom. The van der Waals surface area contributed by atoms with Gasteiger partial charge in [0.15, 0.2) is 0 Å². The molecule has 2 aromatic carbocycles. The van der Waals surface area contributed by atoms with Crippen LogP contribution in [0.2, 0.25) is 0 Å². The zero-order valence-corrected chi connectivity index (χ0v) is 11.6. The maximum Gasteiger partial charge on any atom is 0.252 e. The van der Waals surface area contributed by atoms with Crippen LogP contribution in [0.15, 0.2) is 54.6 Å². The van der Waals surface area contributed by atoms with E-state index in [0.29, 0.717) is 0 Å². The third kappa shape index (κ3) is 3.02. The van der Waals surface area contributed by atoms with Crippen molar-refractivity contribution >= 4 is 5.91 Å². The number of aryl methyl sites for hydroxylation is 1. The van der Waals surface area contributed by atoms with E-state index in [1.165, 1.54) is 0 Å². The van der Waals surface area contributed by atoms with E-state index in [1.54, 1.807) is 0 Å². The largest absolute Gasteiger partial charge is 0.343 e. The van der Waals surface area contributed by atoms with Gasteiger partial charge in [0.1, 0.15) is 0 Å². The third-order valence-electron chi connectivity index (χ3n) is 3.31. The lowest BCUT2D eigenvalue weighted by Crippen LogP contribution is -2.41. The summed E-state index contributed by atoms with van der Waals surface area (Å²) >= 11 is 0. The Hall–Kier alpha value is -2.09. The van der Waals surface area contributed by atoms with Crippen LogP contribution in [0.1, 0.15) is 35.3 Å². The molecule has 2 rings (SSSR count). The molecule has 0 saturated carbocycles. The van der Waals surface area contributed by atoms with Crippen LogP contribution >= 0.6 is 0 Å². The molecule has 0 unspecified atom stereocenters. The van der Waals surface area contributed by atoms with Gasteiger partial charge in [0.25, 0.3) is 5.91 Å². The molecule has 0 atom stereocenters. The van der Waals surface area contributed by atoms with E-state index >= 15 is 0 Å². The first-order valence-corrected chi connectivity index (χ1v) is 6.44. The topological polar surface area (TPSA) is 29.1 Å². The predicted molar refractivity (Wildman–Crippen MR) is 78.1 cm³/mol. The Kier molecular flexibility index (Phi) is 3.70. The molecule has 0 bridgehead atoms. The molecule has 2 nitrogen and oxygen atoms in total. The molecule has 19 heavy (non-hydrogen) atoms. The number of carbonyl (C=O) groups is 1. The second-order valence-corrected chi connectivity index (χ2v) is 5.26. The van der Waals surface area contributed by atoms with Crippen molar-refractivity contribution in [1.29, 1.82) is 0 Å². The fourth-order valence-corrected chi connectivity index (χ4v) is 2.11. The molecule has 0 radical (unpaired) electrons. The predicted octanol–water partition coefficient (Wildman–Crippen LogP) is 3.66. The van der Waals surface area contributed by atoms with Crippen molar-refractivity contribution < 1.29 is 4.79 Å². The van der Waals surface area contributed by atoms with Gasteiger partial charge in [-0.25, -0.2) is 0 Å². The van der Waals surface area contributed by atoms with Gasteiger partial charge >= 0.3 is 0 Å². The minimum absolute atomic E-state index is 0.0352. The molecular weight excluding hydrogens is 234 g/mol. The molecule has 1 amide bonds. The highest BCUT2D eigenvalue weighted by Crippen LogP contribution is 2.20. The number of amides is 1. The van der Waals surface area contributed by atoms with Gasteiger partial charge in [-0.15, -0.1) is 0 Å². The highest BCUT2D eigenvalue weighted by Gasteiger charge is 2.23. The van der Waals surface area contributed by atoms with Gasteiger partial charge < -0.3 is 5.32 Å². The van der Waals surface area contributed by atoms with Crippen LogP contribution in [0.3, 0.4) is 0 Å². The van der Waals surface area contributed by atoms with E-state index in [9.17, 15) is 4.79 Å². The summed E-state index contributed by atoms with van der Waals surface area (Å²) in [6, 6.07) is 17.6. The van der Waals surface area contributed by atoms with Crippen LogP contribution in [0, 0.1) is 6.92 Å². The molecule has 1 N–H and O–H groups in total. The number of carbonyl (C=O) groups excluding carboxylic acids is 1. The maximum atomic E-state index is 12.3. The summed E-state index contributed by atoms with van der Waals surface area (Å²) < 4.78 is 0. The standard InChI is InChI=1S/C17H19NO/c1-13-9-7-8-12-15(13)16(19)18-17(2,3)14-10-5-4-6-11-14/h4-12H,1-3H3,(H,18,19). The summed E-state index contributed by atoms with van der Waals surface area (Å²) in [5.41, 5.74) is 2.42. The number of hydrogen-bond donors (Lipinski definition) is 1. The van der Waals surface area contributed by atoms with E-state index in [2.05, 4.69) is 5.32 Å². The van der Waals surface area contributed by atoms with Crippen molar-refractivity contribution in [1.82, 2.24) is 5.32 Å². The van der Waals surface area contributed by atoms with Crippen molar-refractivity contribution in [2.45, 2.75) is 26.3 Å². The minimum Gasteiger partial charge on any atom is -0.343 e. The Morgan fingerprint density at radius 1 is 0.947 bits per heavy atom. The Bertz CT molecular complexity index is 573. The van der Waals surface area contributed by atoms with E-state index in [4.69, 9.17) is 0 Å².